The standard InChI is InChI=1S/C12H14INO5/c1-4-18-11(15)12(2,3)19-8-5-6-9(13)10(7-8)14(16)17/h5-7H,4H2,1-3H3. The summed E-state index contributed by atoms with van der Waals surface area (Å²) in [5.41, 5.74) is -1.26. The minimum absolute atomic E-state index is 0.0576. The molecule has 0 saturated carbocycles. The van der Waals surface area contributed by atoms with Crippen LogP contribution in [0.2, 0.25) is 0 Å². The van der Waals surface area contributed by atoms with Gasteiger partial charge in [-0.05, 0) is 55.5 Å². The summed E-state index contributed by atoms with van der Waals surface area (Å²) >= 11 is 1.87. The van der Waals surface area contributed by atoms with Crippen LogP contribution in [0, 0.1) is 13.7 Å². The lowest BCUT2D eigenvalue weighted by atomic mass is 10.1. The first-order valence-electron chi connectivity index (χ1n) is 5.58. The fourth-order valence-electron chi connectivity index (χ4n) is 1.34. The van der Waals surface area contributed by atoms with E-state index < -0.39 is 16.5 Å². The van der Waals surface area contributed by atoms with Gasteiger partial charge in [-0.15, -0.1) is 0 Å². The van der Waals surface area contributed by atoms with E-state index in [-0.39, 0.29) is 18.0 Å². The molecule has 0 aliphatic rings. The summed E-state index contributed by atoms with van der Waals surface area (Å²) in [6.45, 7) is 5.05. The van der Waals surface area contributed by atoms with Crippen molar-refractivity contribution in [1.82, 2.24) is 0 Å². The van der Waals surface area contributed by atoms with Crippen LogP contribution >= 0.6 is 22.6 Å². The molecule has 1 aromatic carbocycles. The van der Waals surface area contributed by atoms with Crippen molar-refractivity contribution in [2.45, 2.75) is 26.4 Å². The van der Waals surface area contributed by atoms with Gasteiger partial charge in [-0.2, -0.15) is 0 Å². The van der Waals surface area contributed by atoms with Crippen molar-refractivity contribution in [2.24, 2.45) is 0 Å². The quantitative estimate of drug-likeness (QED) is 0.340. The van der Waals surface area contributed by atoms with Gasteiger partial charge < -0.3 is 9.47 Å². The summed E-state index contributed by atoms with van der Waals surface area (Å²) in [6, 6.07) is 4.44. The fraction of sp³-hybridized carbons (Fsp3) is 0.417. The molecule has 19 heavy (non-hydrogen) atoms. The number of benzene rings is 1. The second-order valence-corrected chi connectivity index (χ2v) is 5.37. The maximum absolute atomic E-state index is 11.7. The summed E-state index contributed by atoms with van der Waals surface area (Å²) in [5.74, 6) is -0.263. The molecule has 1 rings (SSSR count). The summed E-state index contributed by atoms with van der Waals surface area (Å²) < 4.78 is 10.9. The number of ether oxygens (including phenoxy) is 2. The topological polar surface area (TPSA) is 78.7 Å². The highest BCUT2D eigenvalue weighted by Gasteiger charge is 2.32. The Kier molecular flexibility index (Phi) is 5.10. The normalized spacial score (nSPS) is 10.9. The zero-order chi connectivity index (χ0) is 14.6. The van der Waals surface area contributed by atoms with Crippen molar-refractivity contribution >= 4 is 34.2 Å². The van der Waals surface area contributed by atoms with Gasteiger partial charge in [-0.25, -0.2) is 4.79 Å². The number of halogens is 1. The van der Waals surface area contributed by atoms with E-state index in [1.54, 1.807) is 32.9 Å². The van der Waals surface area contributed by atoms with Gasteiger partial charge in [-0.1, -0.05) is 0 Å². The number of nitrogens with zero attached hydrogens (tertiary/aromatic N) is 1. The zero-order valence-electron chi connectivity index (χ0n) is 10.8. The molecule has 7 heteroatoms. The average Bonchev–Trinajstić information content (AvgIpc) is 2.31. The van der Waals surface area contributed by atoms with E-state index in [4.69, 9.17) is 9.47 Å². The Balaban J connectivity index is 2.96. The van der Waals surface area contributed by atoms with E-state index in [1.807, 2.05) is 22.6 Å². The van der Waals surface area contributed by atoms with Gasteiger partial charge in [0.05, 0.1) is 21.2 Å². The van der Waals surface area contributed by atoms with E-state index >= 15 is 0 Å². The van der Waals surface area contributed by atoms with Gasteiger partial charge in [0.25, 0.3) is 5.69 Å². The lowest BCUT2D eigenvalue weighted by Gasteiger charge is -2.23. The van der Waals surface area contributed by atoms with Crippen molar-refractivity contribution in [3.63, 3.8) is 0 Å². The lowest BCUT2D eigenvalue weighted by molar-refractivity contribution is -0.385. The highest BCUT2D eigenvalue weighted by atomic mass is 127. The van der Waals surface area contributed by atoms with Crippen LogP contribution in [-0.2, 0) is 9.53 Å². The third kappa shape index (κ3) is 4.05. The van der Waals surface area contributed by atoms with Crippen LogP contribution in [0.15, 0.2) is 18.2 Å². The first-order chi connectivity index (χ1) is 8.77. The van der Waals surface area contributed by atoms with E-state index in [0.717, 1.165) is 0 Å². The molecule has 1 aromatic rings. The Bertz CT molecular complexity index is 501. The van der Waals surface area contributed by atoms with Crippen LogP contribution in [0.1, 0.15) is 20.8 Å². The highest BCUT2D eigenvalue weighted by Crippen LogP contribution is 2.28. The van der Waals surface area contributed by atoms with Crippen molar-refractivity contribution < 1.29 is 19.2 Å². The molecule has 6 nitrogen and oxygen atoms in total. The first kappa shape index (κ1) is 15.7. The SMILES string of the molecule is CCOC(=O)C(C)(C)Oc1ccc(I)c([N+](=O)[O-])c1. The second kappa shape index (κ2) is 6.18. The Morgan fingerprint density at radius 3 is 2.63 bits per heavy atom. The number of nitro groups is 1. The molecule has 0 spiro atoms. The lowest BCUT2D eigenvalue weighted by Crippen LogP contribution is -2.39. The Morgan fingerprint density at radius 2 is 2.11 bits per heavy atom. The molecule has 0 radical (unpaired) electrons. The molecule has 0 unspecified atom stereocenters. The molecule has 0 aliphatic carbocycles. The average molecular weight is 379 g/mol. The van der Waals surface area contributed by atoms with E-state index in [1.165, 1.54) is 6.07 Å². The van der Waals surface area contributed by atoms with Crippen molar-refractivity contribution in [2.75, 3.05) is 6.61 Å². The number of hydrogen-bond acceptors (Lipinski definition) is 5. The molecular weight excluding hydrogens is 365 g/mol. The molecular formula is C12H14INO5. The smallest absolute Gasteiger partial charge is 0.349 e. The zero-order valence-corrected chi connectivity index (χ0v) is 13.0. The fourth-order valence-corrected chi connectivity index (χ4v) is 1.87. The van der Waals surface area contributed by atoms with Crippen molar-refractivity contribution in [1.29, 1.82) is 0 Å². The van der Waals surface area contributed by atoms with Gasteiger partial charge in [-0.3, -0.25) is 10.1 Å². The van der Waals surface area contributed by atoms with Crippen molar-refractivity contribution in [3.05, 3.63) is 31.9 Å². The third-order valence-electron chi connectivity index (χ3n) is 2.25. The summed E-state index contributed by atoms with van der Waals surface area (Å²) in [6.07, 6.45) is 0. The number of esters is 1. The molecule has 0 bridgehead atoms. The predicted octanol–water partition coefficient (Wildman–Crippen LogP) is 2.92. The van der Waals surface area contributed by atoms with Crippen LogP contribution in [0.3, 0.4) is 0 Å². The number of rotatable bonds is 5. The van der Waals surface area contributed by atoms with E-state index in [9.17, 15) is 14.9 Å². The van der Waals surface area contributed by atoms with Gasteiger partial charge in [0, 0.05) is 0 Å². The molecule has 104 valence electrons. The second-order valence-electron chi connectivity index (χ2n) is 4.20. The van der Waals surface area contributed by atoms with E-state index in [2.05, 4.69) is 0 Å². The Labute approximate surface area is 124 Å². The minimum atomic E-state index is -1.20. The molecule has 0 N–H and O–H groups in total. The van der Waals surface area contributed by atoms with Crippen LogP contribution in [0.25, 0.3) is 0 Å². The monoisotopic (exact) mass is 379 g/mol. The summed E-state index contributed by atoms with van der Waals surface area (Å²) in [5, 5.41) is 10.8. The number of carbonyl (C=O) groups is 1. The Morgan fingerprint density at radius 1 is 1.47 bits per heavy atom. The van der Waals surface area contributed by atoms with Crippen LogP contribution < -0.4 is 4.74 Å². The predicted molar refractivity (Wildman–Crippen MR) is 77.2 cm³/mol. The number of carbonyl (C=O) groups excluding carboxylic acids is 1. The molecule has 0 fully saturated rings. The largest absolute Gasteiger partial charge is 0.476 e. The Hall–Kier alpha value is -1.38. The number of nitro benzene ring substituents is 1. The minimum Gasteiger partial charge on any atom is -0.476 e. The van der Waals surface area contributed by atoms with Gasteiger partial charge >= 0.3 is 5.97 Å². The molecule has 0 atom stereocenters. The van der Waals surface area contributed by atoms with Gasteiger partial charge in [0.1, 0.15) is 5.75 Å². The van der Waals surface area contributed by atoms with Gasteiger partial charge in [0.2, 0.25) is 0 Å². The number of hydrogen-bond donors (Lipinski definition) is 0. The van der Waals surface area contributed by atoms with Crippen LogP contribution in [0.5, 0.6) is 5.75 Å². The maximum Gasteiger partial charge on any atom is 0.349 e. The molecule has 0 aliphatic heterocycles. The maximum atomic E-state index is 11.7. The van der Waals surface area contributed by atoms with Gasteiger partial charge in [0.15, 0.2) is 5.60 Å². The molecule has 0 heterocycles. The van der Waals surface area contributed by atoms with Crippen LogP contribution in [0.4, 0.5) is 5.69 Å². The molecule has 0 amide bonds. The first-order valence-corrected chi connectivity index (χ1v) is 6.66. The highest BCUT2D eigenvalue weighted by molar-refractivity contribution is 14.1. The van der Waals surface area contributed by atoms with Crippen molar-refractivity contribution in [3.8, 4) is 5.75 Å². The van der Waals surface area contributed by atoms with Crippen LogP contribution in [-0.4, -0.2) is 23.1 Å². The molecule has 0 aromatic heterocycles. The molecule has 0 saturated heterocycles. The summed E-state index contributed by atoms with van der Waals surface area (Å²) in [4.78, 5) is 22.0. The summed E-state index contributed by atoms with van der Waals surface area (Å²) in [7, 11) is 0. The third-order valence-corrected chi connectivity index (χ3v) is 3.17. The van der Waals surface area contributed by atoms with E-state index in [0.29, 0.717) is 3.57 Å².